The summed E-state index contributed by atoms with van der Waals surface area (Å²) >= 11 is 0. The fourth-order valence-electron chi connectivity index (χ4n) is 3.75. The van der Waals surface area contributed by atoms with Gasteiger partial charge in [0.2, 0.25) is 5.91 Å². The van der Waals surface area contributed by atoms with Gasteiger partial charge in [-0.05, 0) is 45.4 Å². The van der Waals surface area contributed by atoms with Crippen LogP contribution in [0.4, 0.5) is 0 Å². The molecule has 1 amide bonds. The molecule has 20 heavy (non-hydrogen) atoms. The smallest absolute Gasteiger partial charge is 0.237 e. The quantitative estimate of drug-likeness (QED) is 0.786. The maximum absolute atomic E-state index is 11.8. The number of carbonyl (C=O) groups excluding carboxylic acids is 1. The molecule has 2 unspecified atom stereocenters. The fourth-order valence-corrected chi connectivity index (χ4v) is 3.75. The molecule has 2 rings (SSSR count). The van der Waals surface area contributed by atoms with Crippen molar-refractivity contribution in [2.75, 3.05) is 6.61 Å². The van der Waals surface area contributed by atoms with Crippen molar-refractivity contribution in [2.24, 2.45) is 11.7 Å². The standard InChI is InChI=1S/C16H30N2O2/c1-12(2)18-16(15(17)19)9-8-14(10-16)20-11-13-6-4-3-5-7-13/h12-14,18H,3-11H2,1-2H3,(H2,17,19). The molecule has 116 valence electrons. The third-order valence-corrected chi connectivity index (χ3v) is 4.80. The second kappa shape index (κ2) is 6.90. The van der Waals surface area contributed by atoms with Crippen LogP contribution in [0.3, 0.4) is 0 Å². The summed E-state index contributed by atoms with van der Waals surface area (Å²) in [6.07, 6.45) is 9.34. The average molecular weight is 282 g/mol. The maximum Gasteiger partial charge on any atom is 0.237 e. The van der Waals surface area contributed by atoms with Crippen molar-refractivity contribution < 1.29 is 9.53 Å². The minimum absolute atomic E-state index is 0.190. The van der Waals surface area contributed by atoms with Gasteiger partial charge in [0.1, 0.15) is 5.54 Å². The van der Waals surface area contributed by atoms with Gasteiger partial charge in [-0.25, -0.2) is 0 Å². The summed E-state index contributed by atoms with van der Waals surface area (Å²) in [6.45, 7) is 4.98. The van der Waals surface area contributed by atoms with E-state index in [-0.39, 0.29) is 18.1 Å². The third-order valence-electron chi connectivity index (χ3n) is 4.80. The van der Waals surface area contributed by atoms with Gasteiger partial charge >= 0.3 is 0 Å². The Morgan fingerprint density at radius 3 is 2.60 bits per heavy atom. The van der Waals surface area contributed by atoms with Crippen LogP contribution >= 0.6 is 0 Å². The summed E-state index contributed by atoms with van der Waals surface area (Å²) in [5.74, 6) is 0.500. The number of rotatable bonds is 6. The van der Waals surface area contributed by atoms with E-state index in [1.807, 2.05) is 0 Å². The van der Waals surface area contributed by atoms with E-state index in [0.717, 1.165) is 31.8 Å². The average Bonchev–Trinajstić information content (AvgIpc) is 2.81. The van der Waals surface area contributed by atoms with Crippen molar-refractivity contribution in [3.8, 4) is 0 Å². The first-order valence-corrected chi connectivity index (χ1v) is 8.21. The lowest BCUT2D eigenvalue weighted by Gasteiger charge is -2.30. The van der Waals surface area contributed by atoms with Gasteiger partial charge in [-0.15, -0.1) is 0 Å². The molecule has 0 aromatic rings. The van der Waals surface area contributed by atoms with Gasteiger partial charge in [-0.1, -0.05) is 19.3 Å². The van der Waals surface area contributed by atoms with Crippen molar-refractivity contribution in [1.29, 1.82) is 0 Å². The van der Waals surface area contributed by atoms with E-state index in [1.54, 1.807) is 0 Å². The lowest BCUT2D eigenvalue weighted by Crippen LogP contribution is -2.56. The summed E-state index contributed by atoms with van der Waals surface area (Å²) in [7, 11) is 0. The first kappa shape index (κ1) is 15.8. The number of nitrogens with one attached hydrogen (secondary N) is 1. The van der Waals surface area contributed by atoms with Gasteiger partial charge in [0.25, 0.3) is 0 Å². The van der Waals surface area contributed by atoms with Gasteiger partial charge in [0.15, 0.2) is 0 Å². The molecule has 0 radical (unpaired) electrons. The lowest BCUT2D eigenvalue weighted by atomic mass is 9.90. The molecule has 2 saturated carbocycles. The summed E-state index contributed by atoms with van der Waals surface area (Å²) in [5, 5.41) is 3.37. The number of carbonyl (C=O) groups is 1. The predicted octanol–water partition coefficient (Wildman–Crippen LogP) is 2.36. The van der Waals surface area contributed by atoms with E-state index in [1.165, 1.54) is 32.1 Å². The van der Waals surface area contributed by atoms with Gasteiger partial charge in [-0.3, -0.25) is 4.79 Å². The number of hydrogen-bond donors (Lipinski definition) is 2. The van der Waals surface area contributed by atoms with Crippen molar-refractivity contribution in [3.05, 3.63) is 0 Å². The highest BCUT2D eigenvalue weighted by atomic mass is 16.5. The second-order valence-electron chi connectivity index (χ2n) is 6.95. The molecule has 0 spiro atoms. The first-order chi connectivity index (χ1) is 9.52. The molecule has 0 saturated heterocycles. The number of hydrogen-bond acceptors (Lipinski definition) is 3. The molecule has 2 aliphatic rings. The zero-order chi connectivity index (χ0) is 14.6. The lowest BCUT2D eigenvalue weighted by molar-refractivity contribution is -0.125. The maximum atomic E-state index is 11.8. The molecular weight excluding hydrogens is 252 g/mol. The van der Waals surface area contributed by atoms with E-state index in [2.05, 4.69) is 19.2 Å². The molecule has 0 bridgehead atoms. The minimum Gasteiger partial charge on any atom is -0.378 e. The number of amides is 1. The molecular formula is C16H30N2O2. The molecule has 0 heterocycles. The molecule has 2 fully saturated rings. The van der Waals surface area contributed by atoms with Gasteiger partial charge < -0.3 is 15.8 Å². The van der Waals surface area contributed by atoms with Crippen LogP contribution in [0.25, 0.3) is 0 Å². The molecule has 0 aliphatic heterocycles. The van der Waals surface area contributed by atoms with Crippen LogP contribution in [-0.2, 0) is 9.53 Å². The SMILES string of the molecule is CC(C)NC1(C(N)=O)CCC(OCC2CCCCC2)C1. The van der Waals surface area contributed by atoms with Crippen molar-refractivity contribution in [2.45, 2.75) is 82.9 Å². The molecule has 2 atom stereocenters. The Morgan fingerprint density at radius 2 is 2.00 bits per heavy atom. The summed E-state index contributed by atoms with van der Waals surface area (Å²) in [6, 6.07) is 0.264. The molecule has 4 heteroatoms. The van der Waals surface area contributed by atoms with Crippen LogP contribution in [-0.4, -0.2) is 30.2 Å². The molecule has 4 nitrogen and oxygen atoms in total. The molecule has 0 aromatic carbocycles. The van der Waals surface area contributed by atoms with E-state index in [0.29, 0.717) is 0 Å². The second-order valence-corrected chi connectivity index (χ2v) is 6.95. The van der Waals surface area contributed by atoms with Gasteiger partial charge in [0.05, 0.1) is 6.10 Å². The summed E-state index contributed by atoms with van der Waals surface area (Å²) in [5.41, 5.74) is 5.08. The monoisotopic (exact) mass is 282 g/mol. The van der Waals surface area contributed by atoms with E-state index < -0.39 is 5.54 Å². The van der Waals surface area contributed by atoms with Gasteiger partial charge in [-0.2, -0.15) is 0 Å². The molecule has 2 aliphatic carbocycles. The number of ether oxygens (including phenoxy) is 1. The first-order valence-electron chi connectivity index (χ1n) is 8.21. The highest BCUT2D eigenvalue weighted by Gasteiger charge is 2.44. The molecule has 0 aromatic heterocycles. The fraction of sp³-hybridized carbons (Fsp3) is 0.938. The largest absolute Gasteiger partial charge is 0.378 e. The van der Waals surface area contributed by atoms with Crippen molar-refractivity contribution >= 4 is 5.91 Å². The normalized spacial score (nSPS) is 31.9. The van der Waals surface area contributed by atoms with Crippen LogP contribution < -0.4 is 11.1 Å². The highest BCUT2D eigenvalue weighted by molar-refractivity contribution is 5.85. The van der Waals surface area contributed by atoms with E-state index in [4.69, 9.17) is 10.5 Å². The zero-order valence-electron chi connectivity index (χ0n) is 13.0. The van der Waals surface area contributed by atoms with Gasteiger partial charge in [0, 0.05) is 19.1 Å². The predicted molar refractivity (Wildman–Crippen MR) is 80.4 cm³/mol. The van der Waals surface area contributed by atoms with Crippen LogP contribution in [0.1, 0.15) is 65.2 Å². The van der Waals surface area contributed by atoms with Crippen molar-refractivity contribution in [1.82, 2.24) is 5.32 Å². The summed E-state index contributed by atoms with van der Waals surface area (Å²) < 4.78 is 6.08. The Balaban J connectivity index is 1.81. The van der Waals surface area contributed by atoms with E-state index >= 15 is 0 Å². The Kier molecular flexibility index (Phi) is 5.44. The topological polar surface area (TPSA) is 64.3 Å². The van der Waals surface area contributed by atoms with E-state index in [9.17, 15) is 4.79 Å². The Bertz CT molecular complexity index is 326. The Morgan fingerprint density at radius 1 is 1.30 bits per heavy atom. The van der Waals surface area contributed by atoms with Crippen LogP contribution in [0.5, 0.6) is 0 Å². The third kappa shape index (κ3) is 3.95. The highest BCUT2D eigenvalue weighted by Crippen LogP contribution is 2.33. The minimum atomic E-state index is -0.550. The molecule has 3 N–H and O–H groups in total. The Labute approximate surface area is 122 Å². The van der Waals surface area contributed by atoms with Crippen LogP contribution in [0.2, 0.25) is 0 Å². The zero-order valence-corrected chi connectivity index (χ0v) is 13.0. The number of primary amides is 1. The van der Waals surface area contributed by atoms with Crippen LogP contribution in [0, 0.1) is 5.92 Å². The van der Waals surface area contributed by atoms with Crippen molar-refractivity contribution in [3.63, 3.8) is 0 Å². The van der Waals surface area contributed by atoms with Crippen LogP contribution in [0.15, 0.2) is 0 Å². The summed E-state index contributed by atoms with van der Waals surface area (Å²) in [4.78, 5) is 11.8. The Hall–Kier alpha value is -0.610. The number of nitrogens with two attached hydrogens (primary N) is 1.